The van der Waals surface area contributed by atoms with Gasteiger partial charge in [-0.3, -0.25) is 0 Å². The normalized spacial score (nSPS) is 12.4. The summed E-state index contributed by atoms with van der Waals surface area (Å²) in [5, 5.41) is 10.3. The molecule has 0 saturated carbocycles. The maximum atomic E-state index is 10.3. The van der Waals surface area contributed by atoms with Crippen molar-refractivity contribution >= 4 is 0 Å². The Morgan fingerprint density at radius 2 is 0.828 bits per heavy atom. The topological polar surface area (TPSA) is 71.7 Å². The Labute approximate surface area is 337 Å². The monoisotopic (exact) mass is 742 g/mol. The van der Waals surface area contributed by atoms with Gasteiger partial charge in [-0.25, -0.2) is 15.0 Å². The molecule has 5 nitrogen and oxygen atoms in total. The van der Waals surface area contributed by atoms with Gasteiger partial charge in [0.25, 0.3) is 0 Å². The zero-order valence-corrected chi connectivity index (χ0v) is 31.3. The van der Waals surface area contributed by atoms with Crippen molar-refractivity contribution in [2.45, 2.75) is 5.41 Å². The smallest absolute Gasteiger partial charge is 0.164 e. The highest BCUT2D eigenvalue weighted by atomic mass is 16.5. The standard InChI is InChI=1S/C53H34N4O/c54-35-43-21-14-26-47-49(43)58-48-34-41(31-32-46(48)53(47,44-22-9-3-10-23-44)45-24-11-4-12-25-45)37-29-27-36(28-30-37)40-19-13-20-42(33-40)52-56-50(38-15-5-1-6-16-38)55-51(57-52)39-17-7-2-8-18-39/h1-34H. The number of aromatic nitrogens is 3. The predicted octanol–water partition coefficient (Wildman–Crippen LogP) is 12.6. The van der Waals surface area contributed by atoms with E-state index < -0.39 is 5.41 Å². The van der Waals surface area contributed by atoms with Crippen LogP contribution in [0, 0.1) is 11.3 Å². The molecule has 58 heavy (non-hydrogen) atoms. The number of ether oxygens (including phenoxy) is 1. The molecule has 0 fully saturated rings. The number of nitriles is 1. The van der Waals surface area contributed by atoms with Gasteiger partial charge in [-0.1, -0.05) is 188 Å². The van der Waals surface area contributed by atoms with Crippen LogP contribution >= 0.6 is 0 Å². The number of benzene rings is 8. The fraction of sp³-hybridized carbons (Fsp3) is 0.0189. The lowest BCUT2D eigenvalue weighted by atomic mass is 9.63. The number of nitrogens with zero attached hydrogens (tertiary/aromatic N) is 4. The van der Waals surface area contributed by atoms with Crippen LogP contribution in [0.15, 0.2) is 206 Å². The van der Waals surface area contributed by atoms with Crippen LogP contribution in [0.3, 0.4) is 0 Å². The van der Waals surface area contributed by atoms with Gasteiger partial charge in [0.2, 0.25) is 0 Å². The van der Waals surface area contributed by atoms with E-state index in [1.54, 1.807) is 0 Å². The zero-order valence-electron chi connectivity index (χ0n) is 31.3. The maximum absolute atomic E-state index is 10.3. The molecule has 1 aliphatic rings. The van der Waals surface area contributed by atoms with Crippen molar-refractivity contribution in [1.82, 2.24) is 15.0 Å². The molecular weight excluding hydrogens is 709 g/mol. The van der Waals surface area contributed by atoms with Gasteiger partial charge in [0, 0.05) is 27.8 Å². The summed E-state index contributed by atoms with van der Waals surface area (Å²) in [7, 11) is 0. The van der Waals surface area contributed by atoms with Crippen LogP contribution in [0.25, 0.3) is 56.4 Å². The quantitative estimate of drug-likeness (QED) is 0.163. The van der Waals surface area contributed by atoms with Gasteiger partial charge in [0.1, 0.15) is 17.6 Å². The summed E-state index contributed by atoms with van der Waals surface area (Å²) >= 11 is 0. The molecule has 9 aromatic rings. The number of hydrogen-bond acceptors (Lipinski definition) is 5. The largest absolute Gasteiger partial charge is 0.455 e. The van der Waals surface area contributed by atoms with Crippen LogP contribution in [0.4, 0.5) is 0 Å². The molecule has 10 rings (SSSR count). The van der Waals surface area contributed by atoms with E-state index in [0.29, 0.717) is 28.8 Å². The molecule has 0 amide bonds. The third kappa shape index (κ3) is 6.01. The Morgan fingerprint density at radius 1 is 0.379 bits per heavy atom. The lowest BCUT2D eigenvalue weighted by Crippen LogP contribution is -2.34. The predicted molar refractivity (Wildman–Crippen MR) is 230 cm³/mol. The van der Waals surface area contributed by atoms with Gasteiger partial charge in [0.15, 0.2) is 17.5 Å². The fourth-order valence-corrected chi connectivity index (χ4v) is 8.18. The minimum absolute atomic E-state index is 0.501. The second-order valence-corrected chi connectivity index (χ2v) is 14.3. The Bertz CT molecular complexity index is 2860. The molecule has 0 spiro atoms. The van der Waals surface area contributed by atoms with Crippen LogP contribution in [-0.4, -0.2) is 15.0 Å². The SMILES string of the molecule is N#Cc1cccc2c1Oc1cc(-c3ccc(-c4cccc(-c5nc(-c6ccccc6)nc(-c6ccccc6)n5)c4)cc3)ccc1C2(c1ccccc1)c1ccccc1. The summed E-state index contributed by atoms with van der Waals surface area (Å²) in [6.45, 7) is 0. The van der Waals surface area contributed by atoms with Gasteiger partial charge in [0.05, 0.1) is 11.0 Å². The van der Waals surface area contributed by atoms with Crippen molar-refractivity contribution in [2.75, 3.05) is 0 Å². The van der Waals surface area contributed by atoms with E-state index in [9.17, 15) is 5.26 Å². The third-order valence-electron chi connectivity index (χ3n) is 10.9. The summed E-state index contributed by atoms with van der Waals surface area (Å²) in [5.41, 5.74) is 10.9. The van der Waals surface area contributed by atoms with Crippen LogP contribution in [0.2, 0.25) is 0 Å². The number of fused-ring (bicyclic) bond motifs is 2. The van der Waals surface area contributed by atoms with Crippen LogP contribution < -0.4 is 4.74 Å². The van der Waals surface area contributed by atoms with Crippen LogP contribution in [0.5, 0.6) is 11.5 Å². The van der Waals surface area contributed by atoms with Gasteiger partial charge < -0.3 is 4.74 Å². The molecule has 0 atom stereocenters. The first-order chi connectivity index (χ1) is 28.7. The van der Waals surface area contributed by atoms with Crippen molar-refractivity contribution in [3.63, 3.8) is 0 Å². The Morgan fingerprint density at radius 3 is 1.38 bits per heavy atom. The Hall–Kier alpha value is -7.94. The van der Waals surface area contributed by atoms with Crippen molar-refractivity contribution in [2.24, 2.45) is 0 Å². The number of rotatable bonds is 7. The molecular formula is C53H34N4O. The second kappa shape index (κ2) is 14.6. The molecule has 8 aromatic carbocycles. The van der Waals surface area contributed by atoms with E-state index in [-0.39, 0.29) is 0 Å². The van der Waals surface area contributed by atoms with E-state index in [0.717, 1.165) is 66.9 Å². The molecule has 1 aliphatic heterocycles. The van der Waals surface area contributed by atoms with Gasteiger partial charge in [-0.15, -0.1) is 0 Å². The average molecular weight is 743 g/mol. The van der Waals surface area contributed by atoms with E-state index >= 15 is 0 Å². The Balaban J connectivity index is 1.03. The fourth-order valence-electron chi connectivity index (χ4n) is 8.18. The third-order valence-corrected chi connectivity index (χ3v) is 10.9. The summed E-state index contributed by atoms with van der Waals surface area (Å²) in [6, 6.07) is 72.7. The second-order valence-electron chi connectivity index (χ2n) is 14.3. The average Bonchev–Trinajstić information content (AvgIpc) is 3.31. The zero-order chi connectivity index (χ0) is 38.9. The van der Waals surface area contributed by atoms with Crippen LogP contribution in [-0.2, 0) is 5.41 Å². The van der Waals surface area contributed by atoms with Gasteiger partial charge >= 0.3 is 0 Å². The van der Waals surface area contributed by atoms with Crippen molar-refractivity contribution in [3.05, 3.63) is 234 Å². The molecule has 272 valence electrons. The lowest BCUT2D eigenvalue weighted by molar-refractivity contribution is 0.433. The minimum Gasteiger partial charge on any atom is -0.455 e. The van der Waals surface area contributed by atoms with Gasteiger partial charge in [-0.2, -0.15) is 5.26 Å². The maximum Gasteiger partial charge on any atom is 0.164 e. The van der Waals surface area contributed by atoms with Crippen molar-refractivity contribution < 1.29 is 4.74 Å². The van der Waals surface area contributed by atoms with E-state index in [1.165, 1.54) is 0 Å². The summed E-state index contributed by atoms with van der Waals surface area (Å²) < 4.78 is 6.74. The van der Waals surface area contributed by atoms with E-state index in [1.807, 2.05) is 97.1 Å². The molecule has 0 bridgehead atoms. The molecule has 0 radical (unpaired) electrons. The molecule has 0 N–H and O–H groups in total. The number of hydrogen-bond donors (Lipinski definition) is 0. The molecule has 0 saturated heterocycles. The molecule has 1 aromatic heterocycles. The van der Waals surface area contributed by atoms with Crippen molar-refractivity contribution in [3.8, 4) is 74.0 Å². The molecule has 0 unspecified atom stereocenters. The minimum atomic E-state index is -0.700. The first-order valence-electron chi connectivity index (χ1n) is 19.2. The highest BCUT2D eigenvalue weighted by Crippen LogP contribution is 2.56. The summed E-state index contributed by atoms with van der Waals surface area (Å²) in [4.78, 5) is 14.7. The van der Waals surface area contributed by atoms with Gasteiger partial charge in [-0.05, 0) is 51.6 Å². The van der Waals surface area contributed by atoms with Crippen LogP contribution in [0.1, 0.15) is 27.8 Å². The highest BCUT2D eigenvalue weighted by molar-refractivity contribution is 5.78. The summed E-state index contributed by atoms with van der Waals surface area (Å²) in [5.74, 6) is 3.18. The molecule has 5 heteroatoms. The number of para-hydroxylation sites is 1. The molecule has 0 aliphatic carbocycles. The van der Waals surface area contributed by atoms with E-state index in [2.05, 4.69) is 115 Å². The Kier molecular flexibility index (Phi) is 8.70. The lowest BCUT2D eigenvalue weighted by Gasteiger charge is -2.41. The summed E-state index contributed by atoms with van der Waals surface area (Å²) in [6.07, 6.45) is 0. The first kappa shape index (κ1) is 34.5. The van der Waals surface area contributed by atoms with E-state index in [4.69, 9.17) is 19.7 Å². The highest BCUT2D eigenvalue weighted by Gasteiger charge is 2.46. The van der Waals surface area contributed by atoms with Crippen molar-refractivity contribution in [1.29, 1.82) is 5.26 Å². The molecule has 2 heterocycles. The first-order valence-corrected chi connectivity index (χ1v) is 19.2.